The van der Waals surface area contributed by atoms with Crippen LogP contribution in [0.1, 0.15) is 73.1 Å². The number of rotatable bonds is 15. The quantitative estimate of drug-likeness (QED) is 0.0488. The number of aliphatic hydroxyl groups is 1. The van der Waals surface area contributed by atoms with Crippen molar-refractivity contribution in [2.45, 2.75) is 37.8 Å². The molecular formula is C41H41N7O12. The Morgan fingerprint density at radius 2 is 1.63 bits per heavy atom. The standard InChI is InChI=1S/C41H41N7O12/c1-47(2)39(56)24-10-7-22(16-31(24)50)30(49)18-27(42)37(54)45-28-11-8-21-6-9-23(17-26(21)28)59-19-34(52)43-14-15-44-35(53)20-60-32-5-3-4-25-36(32)41(58)48(40(25)57)29-12-13-33(51)46-38(29)55/h3-7,9-10,16-18,28-29,42,49-50H,8,11-15,19-20H2,1-2H3,(H,43,52)(H,44,53)(H,45,54)(H,46,51,55)/b30-18-,42-27?/t28-,29?/m1/s1. The molecule has 0 bridgehead atoms. The van der Waals surface area contributed by atoms with E-state index < -0.39 is 77.4 Å². The van der Waals surface area contributed by atoms with E-state index in [1.807, 2.05) is 6.07 Å². The van der Waals surface area contributed by atoms with Gasteiger partial charge in [0.05, 0.1) is 22.7 Å². The monoisotopic (exact) mass is 823 g/mol. The van der Waals surface area contributed by atoms with E-state index in [0.29, 0.717) is 18.6 Å². The molecule has 0 aromatic heterocycles. The second-order valence-corrected chi connectivity index (χ2v) is 14.2. The van der Waals surface area contributed by atoms with Crippen LogP contribution in [-0.4, -0.2) is 119 Å². The highest BCUT2D eigenvalue weighted by Crippen LogP contribution is 2.35. The van der Waals surface area contributed by atoms with Crippen LogP contribution in [-0.2, 0) is 30.4 Å². The first-order chi connectivity index (χ1) is 28.6. The Morgan fingerprint density at radius 3 is 2.32 bits per heavy atom. The van der Waals surface area contributed by atoms with E-state index in [-0.39, 0.29) is 66.3 Å². The largest absolute Gasteiger partial charge is 0.507 e. The van der Waals surface area contributed by atoms with Gasteiger partial charge in [-0.05, 0) is 66.8 Å². The summed E-state index contributed by atoms with van der Waals surface area (Å²) in [7, 11) is 3.05. The van der Waals surface area contributed by atoms with Crippen molar-refractivity contribution >= 4 is 58.7 Å². The fraction of sp³-hybridized carbons (Fsp3) is 0.293. The highest BCUT2D eigenvalue weighted by molar-refractivity contribution is 6.43. The number of imide groups is 2. The fourth-order valence-corrected chi connectivity index (χ4v) is 6.86. The number of carbonyl (C=O) groups excluding carboxylic acids is 8. The number of carbonyl (C=O) groups is 8. The van der Waals surface area contributed by atoms with Gasteiger partial charge in [-0.25, -0.2) is 0 Å². The number of phenolic OH excluding ortho intramolecular Hbond substituents is 1. The van der Waals surface area contributed by atoms with Crippen molar-refractivity contribution in [3.8, 4) is 17.2 Å². The lowest BCUT2D eigenvalue weighted by molar-refractivity contribution is -0.136. The Balaban J connectivity index is 0.927. The average Bonchev–Trinajstić information content (AvgIpc) is 3.73. The number of nitrogens with zero attached hydrogens (tertiary/aromatic N) is 2. The number of fused-ring (bicyclic) bond motifs is 2. The lowest BCUT2D eigenvalue weighted by Crippen LogP contribution is -2.54. The number of nitrogens with one attached hydrogen (secondary N) is 5. The molecule has 2 heterocycles. The summed E-state index contributed by atoms with van der Waals surface area (Å²) < 4.78 is 11.2. The number of hydrogen-bond acceptors (Lipinski definition) is 13. The summed E-state index contributed by atoms with van der Waals surface area (Å²) in [5.41, 5.74) is 1.17. The Bertz CT molecular complexity index is 2360. The van der Waals surface area contributed by atoms with E-state index in [1.54, 1.807) is 12.1 Å². The minimum absolute atomic E-state index is 0.00522. The number of hydrogen-bond donors (Lipinski definition) is 7. The summed E-state index contributed by atoms with van der Waals surface area (Å²) in [6.07, 6.45) is 2.07. The Labute approximate surface area is 342 Å². The van der Waals surface area contributed by atoms with Gasteiger partial charge in [-0.1, -0.05) is 18.2 Å². The second-order valence-electron chi connectivity index (χ2n) is 14.2. The molecule has 6 rings (SSSR count). The van der Waals surface area contributed by atoms with Crippen LogP contribution in [0.15, 0.2) is 60.7 Å². The Kier molecular flexibility index (Phi) is 12.6. The predicted octanol–water partition coefficient (Wildman–Crippen LogP) is 0.908. The van der Waals surface area contributed by atoms with E-state index >= 15 is 0 Å². The first kappa shape index (κ1) is 42.0. The van der Waals surface area contributed by atoms with E-state index in [0.717, 1.165) is 28.2 Å². The first-order valence-electron chi connectivity index (χ1n) is 18.7. The van der Waals surface area contributed by atoms with Gasteiger partial charge in [0.2, 0.25) is 11.8 Å². The van der Waals surface area contributed by atoms with Crippen LogP contribution in [0.5, 0.6) is 17.2 Å². The van der Waals surface area contributed by atoms with E-state index in [4.69, 9.17) is 14.9 Å². The van der Waals surface area contributed by atoms with Crippen LogP contribution in [0.3, 0.4) is 0 Å². The number of ether oxygens (including phenoxy) is 2. The molecule has 0 radical (unpaired) electrons. The maximum absolute atomic E-state index is 13.2. The van der Waals surface area contributed by atoms with Crippen LogP contribution < -0.4 is 30.7 Å². The molecular weight excluding hydrogens is 782 g/mol. The molecule has 2 aliphatic heterocycles. The summed E-state index contributed by atoms with van der Waals surface area (Å²) in [4.78, 5) is 102. The predicted molar refractivity (Wildman–Crippen MR) is 210 cm³/mol. The normalized spacial score (nSPS) is 17.0. The van der Waals surface area contributed by atoms with Gasteiger partial charge < -0.3 is 40.5 Å². The number of benzene rings is 3. The molecule has 3 aliphatic rings. The number of aliphatic hydroxyl groups excluding tert-OH is 1. The lowest BCUT2D eigenvalue weighted by Gasteiger charge is -2.27. The van der Waals surface area contributed by atoms with Crippen molar-refractivity contribution in [3.05, 3.63) is 94.1 Å². The maximum Gasteiger partial charge on any atom is 0.269 e. The molecule has 1 aliphatic carbocycles. The Morgan fingerprint density at radius 1 is 0.917 bits per heavy atom. The molecule has 7 N–H and O–H groups in total. The second kappa shape index (κ2) is 17.9. The van der Waals surface area contributed by atoms with Gasteiger partial charge in [0.25, 0.3) is 35.4 Å². The van der Waals surface area contributed by atoms with Crippen molar-refractivity contribution in [1.29, 1.82) is 5.41 Å². The molecule has 0 spiro atoms. The minimum atomic E-state index is -1.15. The van der Waals surface area contributed by atoms with Crippen molar-refractivity contribution in [2.24, 2.45) is 0 Å². The zero-order valence-corrected chi connectivity index (χ0v) is 32.5. The first-order valence-corrected chi connectivity index (χ1v) is 18.7. The molecule has 1 fully saturated rings. The number of phenols is 1. The SMILES string of the molecule is CN(C)C(=O)c1ccc(/C(O)=C/C(=N)C(=O)N[C@@H]2CCc3ccc(OCC(=O)NCCNC(=O)COc4cccc5c4C(=O)N(C4CCC(=O)NC4=O)C5=O)cc32)cc1O. The summed E-state index contributed by atoms with van der Waals surface area (Å²) in [6.45, 7) is -0.812. The van der Waals surface area contributed by atoms with Crippen LogP contribution in [0.2, 0.25) is 0 Å². The van der Waals surface area contributed by atoms with Gasteiger partial charge >= 0.3 is 0 Å². The molecule has 19 nitrogen and oxygen atoms in total. The smallest absolute Gasteiger partial charge is 0.269 e. The molecule has 3 aromatic rings. The third-order valence-electron chi connectivity index (χ3n) is 9.88. The van der Waals surface area contributed by atoms with Crippen molar-refractivity contribution in [3.63, 3.8) is 0 Å². The third kappa shape index (κ3) is 9.25. The number of aromatic hydroxyl groups is 1. The summed E-state index contributed by atoms with van der Waals surface area (Å²) in [5, 5.41) is 39.1. The molecule has 8 amide bonds. The van der Waals surface area contributed by atoms with Crippen molar-refractivity contribution < 1.29 is 58.0 Å². The Hall–Kier alpha value is -7.57. The highest BCUT2D eigenvalue weighted by atomic mass is 16.5. The van der Waals surface area contributed by atoms with Crippen molar-refractivity contribution in [1.82, 2.24) is 31.1 Å². The molecule has 0 saturated carbocycles. The molecule has 19 heteroatoms. The lowest BCUT2D eigenvalue weighted by atomic mass is 10.0. The highest BCUT2D eigenvalue weighted by Gasteiger charge is 2.46. The molecule has 1 unspecified atom stereocenters. The minimum Gasteiger partial charge on any atom is -0.507 e. The zero-order valence-electron chi connectivity index (χ0n) is 32.5. The molecule has 312 valence electrons. The van der Waals surface area contributed by atoms with Gasteiger partial charge in [0.1, 0.15) is 34.8 Å². The summed E-state index contributed by atoms with van der Waals surface area (Å²) >= 11 is 0. The van der Waals surface area contributed by atoms with E-state index in [1.165, 1.54) is 49.3 Å². The van der Waals surface area contributed by atoms with Gasteiger partial charge in [-0.15, -0.1) is 0 Å². The number of amides is 8. The molecule has 60 heavy (non-hydrogen) atoms. The topological polar surface area (TPSA) is 274 Å². The van der Waals surface area contributed by atoms with Gasteiger partial charge in [-0.3, -0.25) is 54.0 Å². The zero-order chi connectivity index (χ0) is 43.2. The number of aryl methyl sites for hydroxylation is 1. The van der Waals surface area contributed by atoms with Crippen LogP contribution in [0.25, 0.3) is 5.76 Å². The average molecular weight is 824 g/mol. The maximum atomic E-state index is 13.2. The van der Waals surface area contributed by atoms with Crippen molar-refractivity contribution in [2.75, 3.05) is 40.4 Å². The summed E-state index contributed by atoms with van der Waals surface area (Å²) in [5.74, 6) is -5.50. The van der Waals surface area contributed by atoms with E-state index in [2.05, 4.69) is 21.3 Å². The molecule has 1 saturated heterocycles. The van der Waals surface area contributed by atoms with Crippen LogP contribution in [0.4, 0.5) is 0 Å². The molecule has 2 atom stereocenters. The van der Waals surface area contributed by atoms with Crippen LogP contribution in [0, 0.1) is 5.41 Å². The van der Waals surface area contributed by atoms with Crippen LogP contribution >= 0.6 is 0 Å². The van der Waals surface area contributed by atoms with Gasteiger partial charge in [0, 0.05) is 45.2 Å². The number of piperidine rings is 1. The fourth-order valence-electron chi connectivity index (χ4n) is 6.86. The van der Waals surface area contributed by atoms with Gasteiger partial charge in [-0.2, -0.15) is 0 Å². The van der Waals surface area contributed by atoms with E-state index in [9.17, 15) is 48.6 Å². The summed E-state index contributed by atoms with van der Waals surface area (Å²) in [6, 6.07) is 11.7. The third-order valence-corrected chi connectivity index (χ3v) is 9.88. The molecule has 3 aromatic carbocycles. The van der Waals surface area contributed by atoms with Gasteiger partial charge in [0.15, 0.2) is 13.2 Å².